The van der Waals surface area contributed by atoms with Gasteiger partial charge in [-0.2, -0.15) is 4.57 Å². The molecule has 3 heteroatoms. The van der Waals surface area contributed by atoms with E-state index in [2.05, 4.69) is 179 Å². The first-order valence-electron chi connectivity index (χ1n) is 20.0. The number of fused-ring (bicyclic) bond motifs is 6. The molecule has 0 saturated carbocycles. The summed E-state index contributed by atoms with van der Waals surface area (Å²) >= 11 is 1.95. The minimum atomic E-state index is -0.125. The molecule has 0 saturated heterocycles. The SMILES string of the molecule is CCCCC(C)c1cc2[n+](cc1-c1ccccc1)C(CC)(CC)C(C(C)c1ccc3c(sc4ccccc43)c1-c1ccc(C)c[n+]1C)c1ccccc1-2. The maximum atomic E-state index is 2.75. The fourth-order valence-electron chi connectivity index (χ4n) is 9.92. The van der Waals surface area contributed by atoms with Crippen LogP contribution in [-0.2, 0) is 12.6 Å². The van der Waals surface area contributed by atoms with Crippen molar-refractivity contribution in [1.82, 2.24) is 0 Å². The van der Waals surface area contributed by atoms with E-state index in [1.54, 1.807) is 0 Å². The van der Waals surface area contributed by atoms with Gasteiger partial charge < -0.3 is 0 Å². The quantitative estimate of drug-likeness (QED) is 0.125. The molecule has 0 aliphatic carbocycles. The third-order valence-electron chi connectivity index (χ3n) is 12.7. The summed E-state index contributed by atoms with van der Waals surface area (Å²) < 4.78 is 7.84. The van der Waals surface area contributed by atoms with Gasteiger partial charge >= 0.3 is 0 Å². The van der Waals surface area contributed by atoms with Crippen LogP contribution in [0.5, 0.6) is 0 Å². The van der Waals surface area contributed by atoms with Gasteiger partial charge in [0.1, 0.15) is 7.05 Å². The van der Waals surface area contributed by atoms with Gasteiger partial charge in [0.15, 0.2) is 17.9 Å². The molecule has 53 heavy (non-hydrogen) atoms. The molecule has 1 aliphatic heterocycles. The summed E-state index contributed by atoms with van der Waals surface area (Å²) in [7, 11) is 2.22. The molecule has 0 spiro atoms. The van der Waals surface area contributed by atoms with Crippen LogP contribution in [0.2, 0.25) is 0 Å². The van der Waals surface area contributed by atoms with Crippen molar-refractivity contribution in [3.63, 3.8) is 0 Å². The molecule has 3 atom stereocenters. The van der Waals surface area contributed by atoms with Crippen molar-refractivity contribution in [2.45, 2.75) is 96.9 Å². The van der Waals surface area contributed by atoms with E-state index >= 15 is 0 Å². The van der Waals surface area contributed by atoms with Crippen LogP contribution in [0, 0.1) is 6.92 Å². The largest absolute Gasteiger partial charge is 0.214 e. The summed E-state index contributed by atoms with van der Waals surface area (Å²) in [6, 6.07) is 41.6. The van der Waals surface area contributed by atoms with Crippen LogP contribution in [0.25, 0.3) is 53.8 Å². The standard InChI is InChI=1S/C50H54N2S/c1-8-11-19-34(5)42-30-45-38-22-15-16-24-40(38)48(50(9-2,10-3)52(45)32-43(42)36-20-13-12-14-21-36)35(6)37-27-28-41-39-23-17-18-25-46(39)53-49(41)47(37)44-29-26-33(4)31-51(44)7/h12-18,20-32,34-35,48H,8-11,19H2,1-7H3/q+2. The van der Waals surface area contributed by atoms with Gasteiger partial charge in [0.2, 0.25) is 11.4 Å². The van der Waals surface area contributed by atoms with Crippen molar-refractivity contribution < 1.29 is 9.13 Å². The predicted molar refractivity (Wildman–Crippen MR) is 226 cm³/mol. The molecule has 3 aromatic heterocycles. The van der Waals surface area contributed by atoms with Crippen LogP contribution >= 0.6 is 11.3 Å². The van der Waals surface area contributed by atoms with Gasteiger partial charge in [0.25, 0.3) is 0 Å². The maximum absolute atomic E-state index is 2.75. The van der Waals surface area contributed by atoms with E-state index in [1.807, 2.05) is 11.3 Å². The Labute approximate surface area is 320 Å². The van der Waals surface area contributed by atoms with E-state index in [1.165, 1.54) is 95.3 Å². The first-order chi connectivity index (χ1) is 25.8. The minimum Gasteiger partial charge on any atom is -0.201 e. The molecule has 4 heterocycles. The highest BCUT2D eigenvalue weighted by molar-refractivity contribution is 7.26. The lowest BCUT2D eigenvalue weighted by Gasteiger charge is -2.43. The molecular formula is C50H54N2S+2. The smallest absolute Gasteiger partial charge is 0.201 e. The van der Waals surface area contributed by atoms with Crippen LogP contribution in [-0.4, -0.2) is 0 Å². The summed E-state index contributed by atoms with van der Waals surface area (Å²) in [6.07, 6.45) is 10.6. The zero-order valence-corrected chi connectivity index (χ0v) is 33.4. The lowest BCUT2D eigenvalue weighted by molar-refractivity contribution is -0.762. The van der Waals surface area contributed by atoms with Gasteiger partial charge in [0.05, 0.1) is 11.5 Å². The van der Waals surface area contributed by atoms with Crippen molar-refractivity contribution in [2.75, 3.05) is 0 Å². The third-order valence-corrected chi connectivity index (χ3v) is 13.9. The molecule has 0 radical (unpaired) electrons. The third kappa shape index (κ3) is 5.83. The average molecular weight is 715 g/mol. The highest BCUT2D eigenvalue weighted by Gasteiger charge is 2.54. The number of benzene rings is 4. The molecule has 0 fully saturated rings. The molecule has 0 amide bonds. The van der Waals surface area contributed by atoms with E-state index in [0.717, 1.165) is 12.8 Å². The van der Waals surface area contributed by atoms with E-state index in [0.29, 0.717) is 5.92 Å². The molecule has 7 aromatic rings. The molecule has 2 nitrogen and oxygen atoms in total. The average Bonchev–Trinajstić information content (AvgIpc) is 3.58. The molecule has 1 aliphatic rings. The molecule has 0 bridgehead atoms. The number of thiophene rings is 1. The Bertz CT molecular complexity index is 2430. The number of nitrogens with zero attached hydrogens (tertiary/aromatic N) is 2. The van der Waals surface area contributed by atoms with Gasteiger partial charge in [-0.25, -0.2) is 4.57 Å². The summed E-state index contributed by atoms with van der Waals surface area (Å²) in [5, 5.41) is 2.71. The predicted octanol–water partition coefficient (Wildman–Crippen LogP) is 13.2. The van der Waals surface area contributed by atoms with Gasteiger partial charge in [-0.3, -0.25) is 0 Å². The normalized spacial score (nSPS) is 16.0. The van der Waals surface area contributed by atoms with Crippen LogP contribution in [0.4, 0.5) is 0 Å². The maximum Gasteiger partial charge on any atom is 0.214 e. The molecule has 8 rings (SSSR count). The van der Waals surface area contributed by atoms with Gasteiger partial charge in [-0.15, -0.1) is 11.3 Å². The number of aromatic nitrogens is 2. The number of unbranched alkanes of at least 4 members (excludes halogenated alkanes) is 1. The van der Waals surface area contributed by atoms with Crippen molar-refractivity contribution in [1.29, 1.82) is 0 Å². The second-order valence-electron chi connectivity index (χ2n) is 15.7. The Balaban J connectivity index is 1.40. The van der Waals surface area contributed by atoms with Gasteiger partial charge in [-0.1, -0.05) is 126 Å². The highest BCUT2D eigenvalue weighted by Crippen LogP contribution is 2.54. The van der Waals surface area contributed by atoms with Crippen molar-refractivity contribution in [3.8, 4) is 33.6 Å². The zero-order chi connectivity index (χ0) is 36.9. The Morgan fingerprint density at radius 2 is 1.45 bits per heavy atom. The highest BCUT2D eigenvalue weighted by atomic mass is 32.1. The Morgan fingerprint density at radius 3 is 2.21 bits per heavy atom. The fraction of sp³-hybridized carbons (Fsp3) is 0.320. The summed E-state index contributed by atoms with van der Waals surface area (Å²) in [5.74, 6) is 0.980. The number of rotatable bonds is 10. The lowest BCUT2D eigenvalue weighted by Crippen LogP contribution is -2.63. The molecular weight excluding hydrogens is 661 g/mol. The summed E-state index contributed by atoms with van der Waals surface area (Å²) in [5.41, 5.74) is 13.7. The number of hydrogen-bond donors (Lipinski definition) is 0. The molecule has 3 unspecified atom stereocenters. The minimum absolute atomic E-state index is 0.125. The summed E-state index contributed by atoms with van der Waals surface area (Å²) in [4.78, 5) is 0. The van der Waals surface area contributed by atoms with Gasteiger partial charge in [0, 0.05) is 61.8 Å². The zero-order valence-electron chi connectivity index (χ0n) is 32.6. The van der Waals surface area contributed by atoms with E-state index in [4.69, 9.17) is 0 Å². The van der Waals surface area contributed by atoms with Gasteiger partial charge in [-0.05, 0) is 65.6 Å². The van der Waals surface area contributed by atoms with E-state index in [-0.39, 0.29) is 17.4 Å². The van der Waals surface area contributed by atoms with Crippen molar-refractivity contribution >= 4 is 31.5 Å². The second kappa shape index (κ2) is 14.3. The van der Waals surface area contributed by atoms with E-state index in [9.17, 15) is 0 Å². The Kier molecular flexibility index (Phi) is 9.58. The monoisotopic (exact) mass is 714 g/mol. The van der Waals surface area contributed by atoms with Crippen LogP contribution in [0.15, 0.2) is 122 Å². The van der Waals surface area contributed by atoms with Crippen molar-refractivity contribution in [2.24, 2.45) is 7.05 Å². The molecule has 268 valence electrons. The Hall–Kier alpha value is -4.60. The lowest BCUT2D eigenvalue weighted by atomic mass is 9.63. The molecule has 4 aromatic carbocycles. The summed E-state index contributed by atoms with van der Waals surface area (Å²) in [6.45, 7) is 14.3. The second-order valence-corrected chi connectivity index (χ2v) is 16.7. The van der Waals surface area contributed by atoms with Crippen molar-refractivity contribution in [3.05, 3.63) is 144 Å². The number of pyridine rings is 2. The number of hydrogen-bond acceptors (Lipinski definition) is 1. The fourth-order valence-corrected chi connectivity index (χ4v) is 11.2. The first kappa shape index (κ1) is 35.4. The van der Waals surface area contributed by atoms with Crippen LogP contribution in [0.3, 0.4) is 0 Å². The number of aryl methyl sites for hydroxylation is 2. The topological polar surface area (TPSA) is 7.76 Å². The van der Waals surface area contributed by atoms with Crippen LogP contribution < -0.4 is 9.13 Å². The van der Waals surface area contributed by atoms with Crippen LogP contribution in [0.1, 0.15) is 107 Å². The molecule has 0 N–H and O–H groups in total. The van der Waals surface area contributed by atoms with E-state index < -0.39 is 0 Å². The first-order valence-corrected chi connectivity index (χ1v) is 20.8. The Morgan fingerprint density at radius 1 is 0.717 bits per heavy atom.